The fourth-order valence-corrected chi connectivity index (χ4v) is 5.28. The summed E-state index contributed by atoms with van der Waals surface area (Å²) in [7, 11) is -4.11. The van der Waals surface area contributed by atoms with Crippen LogP contribution in [-0.2, 0) is 26.2 Å². The van der Waals surface area contributed by atoms with Crippen LogP contribution >= 0.6 is 0 Å². The highest BCUT2D eigenvalue weighted by molar-refractivity contribution is 7.92. The predicted octanol–water partition coefficient (Wildman–Crippen LogP) is 4.52. The van der Waals surface area contributed by atoms with Crippen molar-refractivity contribution in [1.82, 2.24) is 10.2 Å². The molecule has 0 aliphatic carbocycles. The third-order valence-corrected chi connectivity index (χ3v) is 7.81. The molecule has 0 aliphatic rings. The van der Waals surface area contributed by atoms with E-state index in [1.807, 2.05) is 26.8 Å². The van der Waals surface area contributed by atoms with Gasteiger partial charge in [-0.25, -0.2) is 12.8 Å². The Kier molecular flexibility index (Phi) is 9.63. The molecule has 0 aromatic heterocycles. The first-order valence-electron chi connectivity index (χ1n) is 12.4. The minimum absolute atomic E-state index is 0.00240. The van der Waals surface area contributed by atoms with Crippen molar-refractivity contribution in [2.45, 2.75) is 45.2 Å². The van der Waals surface area contributed by atoms with Crippen LogP contribution in [0.4, 0.5) is 10.1 Å². The number of nitrogens with one attached hydrogen (secondary N) is 1. The lowest BCUT2D eigenvalue weighted by molar-refractivity contribution is -0.139. The number of hydrogen-bond donors (Lipinski definition) is 1. The van der Waals surface area contributed by atoms with Gasteiger partial charge in [0, 0.05) is 13.1 Å². The van der Waals surface area contributed by atoms with Gasteiger partial charge < -0.3 is 10.2 Å². The number of hydrogen-bond acceptors (Lipinski definition) is 4. The minimum Gasteiger partial charge on any atom is -0.354 e. The highest BCUT2D eigenvalue weighted by atomic mass is 32.2. The molecule has 7 nitrogen and oxygen atoms in total. The van der Waals surface area contributed by atoms with Gasteiger partial charge in [0.1, 0.15) is 18.4 Å². The summed E-state index contributed by atoms with van der Waals surface area (Å²) in [4.78, 5) is 28.1. The van der Waals surface area contributed by atoms with Crippen LogP contribution in [0.15, 0.2) is 83.8 Å². The molecule has 0 fully saturated rings. The number of aryl methyl sites for hydroxylation is 1. The van der Waals surface area contributed by atoms with E-state index in [4.69, 9.17) is 0 Å². The van der Waals surface area contributed by atoms with Gasteiger partial charge in [-0.15, -0.1) is 0 Å². The molecule has 3 aromatic carbocycles. The molecule has 0 unspecified atom stereocenters. The van der Waals surface area contributed by atoms with Gasteiger partial charge in [0.2, 0.25) is 11.8 Å². The van der Waals surface area contributed by atoms with Crippen molar-refractivity contribution in [3.05, 3.63) is 95.8 Å². The number of anilines is 1. The fourth-order valence-electron chi connectivity index (χ4n) is 3.85. The summed E-state index contributed by atoms with van der Waals surface area (Å²) in [5, 5.41) is 2.84. The van der Waals surface area contributed by atoms with Crippen LogP contribution in [0.3, 0.4) is 0 Å². The van der Waals surface area contributed by atoms with E-state index in [0.29, 0.717) is 17.8 Å². The third-order valence-electron chi connectivity index (χ3n) is 6.02. The number of nitrogens with zero attached hydrogens (tertiary/aromatic N) is 2. The molecule has 0 aliphatic heterocycles. The van der Waals surface area contributed by atoms with Crippen LogP contribution in [-0.4, -0.2) is 44.3 Å². The average Bonchev–Trinajstić information content (AvgIpc) is 2.89. The summed E-state index contributed by atoms with van der Waals surface area (Å²) in [5.41, 5.74) is 1.77. The maximum atomic E-state index is 13.8. The lowest BCUT2D eigenvalue weighted by Crippen LogP contribution is -2.51. The Bertz CT molecular complexity index is 1350. The van der Waals surface area contributed by atoms with E-state index >= 15 is 0 Å². The maximum absolute atomic E-state index is 13.8. The van der Waals surface area contributed by atoms with Gasteiger partial charge in [0.25, 0.3) is 10.0 Å². The van der Waals surface area contributed by atoms with Crippen LogP contribution < -0.4 is 9.62 Å². The molecule has 1 N–H and O–H groups in total. The number of carbonyl (C=O) groups is 2. The predicted molar refractivity (Wildman–Crippen MR) is 146 cm³/mol. The van der Waals surface area contributed by atoms with Crippen LogP contribution in [0.2, 0.25) is 0 Å². The van der Waals surface area contributed by atoms with Crippen LogP contribution in [0, 0.1) is 18.7 Å². The number of halogens is 1. The Morgan fingerprint density at radius 2 is 1.58 bits per heavy atom. The molecule has 1 atom stereocenters. The number of rotatable bonds is 11. The van der Waals surface area contributed by atoms with E-state index < -0.39 is 34.3 Å². The van der Waals surface area contributed by atoms with E-state index in [2.05, 4.69) is 5.32 Å². The standard InChI is InChI=1S/C29H34FN3O4S/c1-21(2)18-31-29(35)23(4)32(19-24-13-15-25(30)16-14-24)28(34)20-33(26-10-8-9-22(3)17-26)38(36,37)27-11-6-5-7-12-27/h5-17,21,23H,18-20H2,1-4H3,(H,31,35)/t23-/m1/s1. The second kappa shape index (κ2) is 12.7. The zero-order chi connectivity index (χ0) is 27.9. The fraction of sp³-hybridized carbons (Fsp3) is 0.310. The number of amides is 2. The normalized spacial score (nSPS) is 12.2. The van der Waals surface area contributed by atoms with Gasteiger partial charge in [-0.1, -0.05) is 56.3 Å². The summed E-state index contributed by atoms with van der Waals surface area (Å²) in [6.45, 7) is 7.26. The SMILES string of the molecule is Cc1cccc(N(CC(=O)N(Cc2ccc(F)cc2)[C@H](C)C(=O)NCC(C)C)S(=O)(=O)c2ccccc2)c1. The van der Waals surface area contributed by atoms with Crippen molar-refractivity contribution >= 4 is 27.5 Å². The molecule has 0 saturated carbocycles. The van der Waals surface area contributed by atoms with Crippen LogP contribution in [0.1, 0.15) is 31.9 Å². The summed E-state index contributed by atoms with van der Waals surface area (Å²) in [6.07, 6.45) is 0. The molecule has 0 radical (unpaired) electrons. The smallest absolute Gasteiger partial charge is 0.264 e. The molecule has 2 amide bonds. The largest absolute Gasteiger partial charge is 0.354 e. The maximum Gasteiger partial charge on any atom is 0.264 e. The van der Waals surface area contributed by atoms with Gasteiger partial charge >= 0.3 is 0 Å². The first kappa shape index (κ1) is 28.8. The van der Waals surface area contributed by atoms with Gasteiger partial charge in [-0.3, -0.25) is 13.9 Å². The van der Waals surface area contributed by atoms with Crippen molar-refractivity contribution in [1.29, 1.82) is 0 Å². The third kappa shape index (κ3) is 7.41. The zero-order valence-electron chi connectivity index (χ0n) is 22.1. The first-order chi connectivity index (χ1) is 18.0. The molecule has 3 aromatic rings. The topological polar surface area (TPSA) is 86.8 Å². The van der Waals surface area contributed by atoms with E-state index in [1.165, 1.54) is 41.3 Å². The van der Waals surface area contributed by atoms with Gasteiger partial charge in [0.05, 0.1) is 10.6 Å². The number of carbonyl (C=O) groups excluding carboxylic acids is 2. The molecular formula is C29H34FN3O4S. The van der Waals surface area contributed by atoms with E-state index in [1.54, 1.807) is 43.3 Å². The Hall–Kier alpha value is -3.72. The van der Waals surface area contributed by atoms with E-state index in [-0.39, 0.29) is 23.3 Å². The van der Waals surface area contributed by atoms with Crippen molar-refractivity contribution in [2.75, 3.05) is 17.4 Å². The second-order valence-corrected chi connectivity index (χ2v) is 11.5. The Labute approximate surface area is 224 Å². The zero-order valence-corrected chi connectivity index (χ0v) is 22.9. The highest BCUT2D eigenvalue weighted by Crippen LogP contribution is 2.25. The van der Waals surface area contributed by atoms with Gasteiger partial charge in [0.15, 0.2) is 0 Å². The molecule has 38 heavy (non-hydrogen) atoms. The first-order valence-corrected chi connectivity index (χ1v) is 13.9. The van der Waals surface area contributed by atoms with Crippen molar-refractivity contribution in [3.8, 4) is 0 Å². The van der Waals surface area contributed by atoms with E-state index in [9.17, 15) is 22.4 Å². The minimum atomic E-state index is -4.11. The molecule has 3 rings (SSSR count). The number of sulfonamides is 1. The van der Waals surface area contributed by atoms with Crippen molar-refractivity contribution < 1.29 is 22.4 Å². The Morgan fingerprint density at radius 1 is 0.921 bits per heavy atom. The van der Waals surface area contributed by atoms with E-state index in [0.717, 1.165) is 9.87 Å². The molecule has 0 saturated heterocycles. The lowest BCUT2D eigenvalue weighted by atomic mass is 10.1. The Morgan fingerprint density at radius 3 is 2.18 bits per heavy atom. The summed E-state index contributed by atoms with van der Waals surface area (Å²) < 4.78 is 42.0. The summed E-state index contributed by atoms with van der Waals surface area (Å²) >= 11 is 0. The lowest BCUT2D eigenvalue weighted by Gasteiger charge is -2.32. The molecule has 0 heterocycles. The highest BCUT2D eigenvalue weighted by Gasteiger charge is 2.32. The molecular weight excluding hydrogens is 505 g/mol. The summed E-state index contributed by atoms with van der Waals surface area (Å²) in [6, 6.07) is 19.5. The van der Waals surface area contributed by atoms with Crippen LogP contribution in [0.25, 0.3) is 0 Å². The molecule has 0 spiro atoms. The monoisotopic (exact) mass is 539 g/mol. The van der Waals surface area contributed by atoms with Crippen LogP contribution in [0.5, 0.6) is 0 Å². The molecule has 0 bridgehead atoms. The molecule has 202 valence electrons. The van der Waals surface area contributed by atoms with Crippen molar-refractivity contribution in [3.63, 3.8) is 0 Å². The molecule has 9 heteroatoms. The number of benzene rings is 3. The average molecular weight is 540 g/mol. The second-order valence-electron chi connectivity index (χ2n) is 9.63. The van der Waals surface area contributed by atoms with Crippen molar-refractivity contribution in [2.24, 2.45) is 5.92 Å². The summed E-state index contributed by atoms with van der Waals surface area (Å²) in [5.74, 6) is -1.14. The van der Waals surface area contributed by atoms with Gasteiger partial charge in [-0.05, 0) is 67.3 Å². The quantitative estimate of drug-likeness (QED) is 0.388. The van der Waals surface area contributed by atoms with Gasteiger partial charge in [-0.2, -0.15) is 0 Å². The Balaban J connectivity index is 1.99.